The van der Waals surface area contributed by atoms with Crippen molar-refractivity contribution in [2.45, 2.75) is 44.3 Å². The van der Waals surface area contributed by atoms with Crippen LogP contribution in [0.3, 0.4) is 0 Å². The Hall–Kier alpha value is -3.80. The Morgan fingerprint density at radius 2 is 1.68 bits per heavy atom. The van der Waals surface area contributed by atoms with E-state index in [0.29, 0.717) is 43.5 Å². The average Bonchev–Trinajstić information content (AvgIpc) is 3.33. The molecular weight excluding hydrogens is 506 g/mol. The van der Waals surface area contributed by atoms with Crippen molar-refractivity contribution in [1.82, 2.24) is 25.6 Å². The maximum absolute atomic E-state index is 13.1. The molecule has 0 saturated heterocycles. The van der Waals surface area contributed by atoms with Crippen molar-refractivity contribution >= 4 is 11.8 Å². The first kappa shape index (κ1) is 28.8. The molecule has 0 spiro atoms. The summed E-state index contributed by atoms with van der Waals surface area (Å²) in [5.41, 5.74) is 1.89. The predicted molar refractivity (Wildman–Crippen MR) is 132 cm³/mol. The van der Waals surface area contributed by atoms with Gasteiger partial charge in [0, 0.05) is 5.56 Å². The molecule has 1 aromatic heterocycles. The van der Waals surface area contributed by atoms with E-state index in [2.05, 4.69) is 15.6 Å². The number of amides is 2. The lowest BCUT2D eigenvalue weighted by atomic mass is 10.1. The number of alkyl halides is 4. The van der Waals surface area contributed by atoms with Crippen molar-refractivity contribution in [3.63, 3.8) is 0 Å². The maximum Gasteiger partial charge on any atom is 0.405 e. The van der Waals surface area contributed by atoms with Crippen LogP contribution in [0.4, 0.5) is 17.6 Å². The van der Waals surface area contributed by atoms with Crippen molar-refractivity contribution in [3.8, 4) is 5.69 Å². The molecule has 0 aliphatic carbocycles. The van der Waals surface area contributed by atoms with E-state index in [-0.39, 0.29) is 17.9 Å². The highest BCUT2D eigenvalue weighted by atomic mass is 19.4. The Balaban J connectivity index is 1.80. The third-order valence-electron chi connectivity index (χ3n) is 5.73. The summed E-state index contributed by atoms with van der Waals surface area (Å²) in [6, 6.07) is 14.4. The maximum atomic E-state index is 13.1. The van der Waals surface area contributed by atoms with Gasteiger partial charge in [0.05, 0.1) is 30.7 Å². The van der Waals surface area contributed by atoms with E-state index < -0.39 is 37.3 Å². The Morgan fingerprint density at radius 1 is 0.974 bits per heavy atom. The minimum absolute atomic E-state index is 0.0206. The molecule has 2 aromatic carbocycles. The van der Waals surface area contributed by atoms with Crippen LogP contribution in [0, 0.1) is 0 Å². The molecule has 3 aromatic rings. The van der Waals surface area contributed by atoms with E-state index in [9.17, 15) is 32.3 Å². The SMILES string of the molecule is O=C(NCC(F)(F)F)c1ccc(-n2nnc(C(=O)N[C@H](CO)Cc3ccccc3)c2CCCCCF)cc1. The van der Waals surface area contributed by atoms with Gasteiger partial charge in [-0.1, -0.05) is 42.0 Å². The second-order valence-corrected chi connectivity index (χ2v) is 8.68. The number of carbonyl (C=O) groups excluding carboxylic acids is 2. The van der Waals surface area contributed by atoms with Gasteiger partial charge in [-0.05, 0) is 55.5 Å². The van der Waals surface area contributed by atoms with Crippen LogP contribution in [0.5, 0.6) is 0 Å². The monoisotopic (exact) mass is 535 g/mol. The van der Waals surface area contributed by atoms with Gasteiger partial charge in [0.2, 0.25) is 0 Å². The number of hydrogen-bond acceptors (Lipinski definition) is 5. The van der Waals surface area contributed by atoms with E-state index >= 15 is 0 Å². The van der Waals surface area contributed by atoms with Gasteiger partial charge in [0.15, 0.2) is 5.69 Å². The van der Waals surface area contributed by atoms with Gasteiger partial charge in [-0.2, -0.15) is 13.2 Å². The standard InChI is InChI=1S/C26H29F4N5O3/c27-14-6-2-5-9-22-23(25(38)32-20(16-36)15-18-7-3-1-4-8-18)33-34-35(22)21-12-10-19(11-13-21)24(37)31-17-26(28,29)30/h1,3-4,7-8,10-13,20,36H,2,5-6,9,14-17H2,(H,31,37)(H,32,38)/t20-/m0/s1. The van der Waals surface area contributed by atoms with Crippen LogP contribution < -0.4 is 10.6 Å². The van der Waals surface area contributed by atoms with Gasteiger partial charge in [0.1, 0.15) is 6.54 Å². The van der Waals surface area contributed by atoms with Gasteiger partial charge < -0.3 is 15.7 Å². The number of rotatable bonds is 13. The smallest absolute Gasteiger partial charge is 0.394 e. The molecule has 0 saturated carbocycles. The fourth-order valence-corrected chi connectivity index (χ4v) is 3.82. The largest absolute Gasteiger partial charge is 0.405 e. The predicted octanol–water partition coefficient (Wildman–Crippen LogP) is 3.58. The molecule has 0 aliphatic rings. The third-order valence-corrected chi connectivity index (χ3v) is 5.73. The number of halogens is 4. The number of benzene rings is 2. The molecule has 1 atom stereocenters. The summed E-state index contributed by atoms with van der Waals surface area (Å²) >= 11 is 0. The third kappa shape index (κ3) is 8.37. The Morgan fingerprint density at radius 3 is 2.32 bits per heavy atom. The number of nitrogens with zero attached hydrogens (tertiary/aromatic N) is 3. The second-order valence-electron chi connectivity index (χ2n) is 8.68. The summed E-state index contributed by atoms with van der Waals surface area (Å²) in [6.45, 7) is -2.20. The van der Waals surface area contributed by atoms with Crippen molar-refractivity contribution < 1.29 is 32.3 Å². The first-order valence-electron chi connectivity index (χ1n) is 12.1. The number of carbonyl (C=O) groups is 2. The fourth-order valence-electron chi connectivity index (χ4n) is 3.82. The van der Waals surface area contributed by atoms with Crippen LogP contribution in [0.1, 0.15) is 51.4 Å². The molecular formula is C26H29F4N5O3. The number of unbranched alkanes of at least 4 members (excludes halogenated alkanes) is 2. The normalized spacial score (nSPS) is 12.2. The molecule has 1 heterocycles. The summed E-state index contributed by atoms with van der Waals surface area (Å²) < 4.78 is 51.2. The van der Waals surface area contributed by atoms with Crippen molar-refractivity contribution in [2.75, 3.05) is 19.8 Å². The first-order valence-corrected chi connectivity index (χ1v) is 12.1. The van der Waals surface area contributed by atoms with E-state index in [1.807, 2.05) is 30.3 Å². The Labute approximate surface area is 217 Å². The lowest BCUT2D eigenvalue weighted by Gasteiger charge is -2.16. The number of nitrogens with one attached hydrogen (secondary N) is 2. The van der Waals surface area contributed by atoms with Gasteiger partial charge in [-0.25, -0.2) is 4.68 Å². The number of hydrogen-bond donors (Lipinski definition) is 3. The van der Waals surface area contributed by atoms with E-state index in [4.69, 9.17) is 0 Å². The fraction of sp³-hybridized carbons (Fsp3) is 0.385. The highest BCUT2D eigenvalue weighted by Gasteiger charge is 2.28. The zero-order chi connectivity index (χ0) is 27.5. The summed E-state index contributed by atoms with van der Waals surface area (Å²) in [5.74, 6) is -1.41. The molecule has 3 rings (SSSR count). The number of aromatic nitrogens is 3. The van der Waals surface area contributed by atoms with Gasteiger partial charge in [-0.15, -0.1) is 5.10 Å². The first-order chi connectivity index (χ1) is 18.2. The number of aliphatic hydroxyl groups excluding tert-OH is 1. The van der Waals surface area contributed by atoms with Gasteiger partial charge in [-0.3, -0.25) is 14.0 Å². The quantitative estimate of drug-likeness (QED) is 0.229. The van der Waals surface area contributed by atoms with E-state index in [1.165, 1.54) is 28.9 Å². The minimum Gasteiger partial charge on any atom is -0.394 e. The van der Waals surface area contributed by atoms with Crippen LogP contribution in [-0.2, 0) is 12.8 Å². The van der Waals surface area contributed by atoms with Crippen molar-refractivity contribution in [1.29, 1.82) is 0 Å². The molecule has 0 fully saturated rings. The Kier molecular flexibility index (Phi) is 10.3. The molecule has 0 unspecified atom stereocenters. The highest BCUT2D eigenvalue weighted by molar-refractivity contribution is 5.94. The lowest BCUT2D eigenvalue weighted by molar-refractivity contribution is -0.123. The topological polar surface area (TPSA) is 109 Å². The van der Waals surface area contributed by atoms with E-state index in [1.54, 1.807) is 5.32 Å². The average molecular weight is 536 g/mol. The molecule has 38 heavy (non-hydrogen) atoms. The highest BCUT2D eigenvalue weighted by Crippen LogP contribution is 2.18. The van der Waals surface area contributed by atoms with Crippen LogP contribution in [0.15, 0.2) is 54.6 Å². The van der Waals surface area contributed by atoms with Crippen LogP contribution in [0.25, 0.3) is 5.69 Å². The van der Waals surface area contributed by atoms with E-state index in [0.717, 1.165) is 5.56 Å². The summed E-state index contributed by atoms with van der Waals surface area (Å²) in [6.07, 6.45) is -2.26. The number of aliphatic hydroxyl groups is 1. The summed E-state index contributed by atoms with van der Waals surface area (Å²) in [4.78, 5) is 25.1. The van der Waals surface area contributed by atoms with Gasteiger partial charge in [0.25, 0.3) is 11.8 Å². The summed E-state index contributed by atoms with van der Waals surface area (Å²) in [7, 11) is 0. The molecule has 0 aliphatic heterocycles. The molecule has 0 bridgehead atoms. The summed E-state index contributed by atoms with van der Waals surface area (Å²) in [5, 5.41) is 22.5. The zero-order valence-electron chi connectivity index (χ0n) is 20.5. The minimum atomic E-state index is -4.53. The zero-order valence-corrected chi connectivity index (χ0v) is 20.5. The Bertz CT molecular complexity index is 1180. The lowest BCUT2D eigenvalue weighted by Crippen LogP contribution is -2.39. The van der Waals surface area contributed by atoms with Crippen LogP contribution in [0.2, 0.25) is 0 Å². The van der Waals surface area contributed by atoms with Crippen molar-refractivity contribution in [2.24, 2.45) is 0 Å². The molecule has 2 amide bonds. The van der Waals surface area contributed by atoms with Gasteiger partial charge >= 0.3 is 6.18 Å². The molecule has 3 N–H and O–H groups in total. The van der Waals surface area contributed by atoms with Crippen molar-refractivity contribution in [3.05, 3.63) is 77.1 Å². The van der Waals surface area contributed by atoms with Crippen LogP contribution in [-0.4, -0.2) is 64.0 Å². The molecule has 0 radical (unpaired) electrons. The molecule has 12 heteroatoms. The molecule has 8 nitrogen and oxygen atoms in total. The van der Waals surface area contributed by atoms with Crippen LogP contribution >= 0.6 is 0 Å². The molecule has 204 valence electrons. The second kappa shape index (κ2) is 13.7.